The number of H-pyrrole nitrogens is 1. The van der Waals surface area contributed by atoms with Crippen molar-refractivity contribution in [3.63, 3.8) is 0 Å². The molecule has 1 N–H and O–H groups in total. The molecule has 0 saturated carbocycles. The van der Waals surface area contributed by atoms with Crippen LogP contribution >= 0.6 is 0 Å². The quantitative estimate of drug-likeness (QED) is 0.942. The Morgan fingerprint density at radius 1 is 1.33 bits per heavy atom. The van der Waals surface area contributed by atoms with Crippen LogP contribution in [0.1, 0.15) is 30.1 Å². The predicted octanol–water partition coefficient (Wildman–Crippen LogP) is 2.72. The monoisotopic (exact) mass is 285 g/mol. The maximum Gasteiger partial charge on any atom is 0.254 e. The van der Waals surface area contributed by atoms with Crippen LogP contribution in [0.4, 0.5) is 0 Å². The van der Waals surface area contributed by atoms with E-state index in [0.717, 1.165) is 48.9 Å². The van der Waals surface area contributed by atoms with E-state index in [1.807, 2.05) is 42.4 Å². The van der Waals surface area contributed by atoms with Gasteiger partial charge in [0.25, 0.3) is 5.91 Å². The molecule has 1 amide bonds. The summed E-state index contributed by atoms with van der Waals surface area (Å²) >= 11 is 0. The minimum atomic E-state index is 0.134. The topological polar surface area (TPSA) is 39.3 Å². The lowest BCUT2D eigenvalue weighted by molar-refractivity contribution is 0.0649. The van der Waals surface area contributed by atoms with Crippen molar-refractivity contribution in [3.05, 3.63) is 36.0 Å². The Labute approximate surface area is 125 Å². The van der Waals surface area contributed by atoms with Gasteiger partial charge in [0.05, 0.1) is 0 Å². The fourth-order valence-electron chi connectivity index (χ4n) is 3.25. The van der Waals surface area contributed by atoms with Gasteiger partial charge in [0, 0.05) is 48.8 Å². The second kappa shape index (κ2) is 5.90. The molecule has 1 fully saturated rings. The first-order valence-electron chi connectivity index (χ1n) is 7.76. The number of fused-ring (bicyclic) bond motifs is 1. The minimum absolute atomic E-state index is 0.134. The van der Waals surface area contributed by atoms with Crippen LogP contribution in [0.15, 0.2) is 30.5 Å². The van der Waals surface area contributed by atoms with Crippen LogP contribution < -0.4 is 0 Å². The van der Waals surface area contributed by atoms with Crippen molar-refractivity contribution in [3.8, 4) is 0 Å². The summed E-state index contributed by atoms with van der Waals surface area (Å²) in [6.07, 6.45) is 4.03. The number of nitrogens with zero attached hydrogens (tertiary/aromatic N) is 2. The van der Waals surface area contributed by atoms with Crippen molar-refractivity contribution in [1.82, 2.24) is 14.8 Å². The van der Waals surface area contributed by atoms with Gasteiger partial charge < -0.3 is 14.8 Å². The zero-order valence-electron chi connectivity index (χ0n) is 12.8. The second-order valence-electron chi connectivity index (χ2n) is 5.83. The largest absolute Gasteiger partial charge is 0.361 e. The van der Waals surface area contributed by atoms with Crippen LogP contribution in [0.25, 0.3) is 10.9 Å². The van der Waals surface area contributed by atoms with Crippen LogP contribution in [0.3, 0.4) is 0 Å². The maximum atomic E-state index is 12.8. The molecule has 1 aliphatic heterocycles. The molecule has 0 aliphatic carbocycles. The van der Waals surface area contributed by atoms with Crippen molar-refractivity contribution >= 4 is 16.8 Å². The fraction of sp³-hybridized carbons (Fsp3) is 0.471. The predicted molar refractivity (Wildman–Crippen MR) is 85.5 cm³/mol. The van der Waals surface area contributed by atoms with Gasteiger partial charge in [-0.05, 0) is 37.6 Å². The van der Waals surface area contributed by atoms with E-state index >= 15 is 0 Å². The summed E-state index contributed by atoms with van der Waals surface area (Å²) in [5.74, 6) is 0.134. The van der Waals surface area contributed by atoms with Gasteiger partial charge >= 0.3 is 0 Å². The summed E-state index contributed by atoms with van der Waals surface area (Å²) in [4.78, 5) is 20.4. The number of piperidine rings is 1. The van der Waals surface area contributed by atoms with Gasteiger partial charge in [0.15, 0.2) is 0 Å². The highest BCUT2D eigenvalue weighted by molar-refractivity contribution is 6.06. The zero-order chi connectivity index (χ0) is 14.8. The van der Waals surface area contributed by atoms with E-state index in [0.29, 0.717) is 6.04 Å². The Balaban J connectivity index is 1.77. The first kappa shape index (κ1) is 14.1. The van der Waals surface area contributed by atoms with Gasteiger partial charge in [0.1, 0.15) is 0 Å². The number of carbonyl (C=O) groups is 1. The number of aromatic nitrogens is 1. The number of hydrogen-bond donors (Lipinski definition) is 1. The van der Waals surface area contributed by atoms with Crippen molar-refractivity contribution < 1.29 is 4.79 Å². The molecule has 112 valence electrons. The molecule has 2 aromatic rings. The van der Waals surface area contributed by atoms with Gasteiger partial charge in [-0.1, -0.05) is 13.0 Å². The Hall–Kier alpha value is -1.81. The number of rotatable bonds is 3. The summed E-state index contributed by atoms with van der Waals surface area (Å²) in [7, 11) is 1.94. The number of carbonyl (C=O) groups excluding carboxylic acids is 1. The molecule has 21 heavy (non-hydrogen) atoms. The summed E-state index contributed by atoms with van der Waals surface area (Å²) in [5, 5.41) is 1.01. The Morgan fingerprint density at radius 3 is 2.81 bits per heavy atom. The number of amides is 1. The molecule has 1 saturated heterocycles. The average molecular weight is 285 g/mol. The van der Waals surface area contributed by atoms with E-state index in [4.69, 9.17) is 0 Å². The van der Waals surface area contributed by atoms with E-state index in [-0.39, 0.29) is 5.91 Å². The van der Waals surface area contributed by atoms with Crippen molar-refractivity contribution in [2.75, 3.05) is 26.7 Å². The molecule has 0 unspecified atom stereocenters. The van der Waals surface area contributed by atoms with Crippen LogP contribution in [-0.4, -0.2) is 53.4 Å². The SMILES string of the molecule is CCN1CCC(N(C)C(=O)c2cccc3[nH]ccc23)CC1. The molecule has 2 heterocycles. The third-order valence-corrected chi connectivity index (χ3v) is 4.70. The van der Waals surface area contributed by atoms with Crippen LogP contribution in [-0.2, 0) is 0 Å². The molecular weight excluding hydrogens is 262 g/mol. The highest BCUT2D eigenvalue weighted by atomic mass is 16.2. The number of hydrogen-bond acceptors (Lipinski definition) is 2. The van der Waals surface area contributed by atoms with E-state index in [1.54, 1.807) is 0 Å². The van der Waals surface area contributed by atoms with E-state index in [9.17, 15) is 4.79 Å². The lowest BCUT2D eigenvalue weighted by Gasteiger charge is -2.36. The van der Waals surface area contributed by atoms with Crippen LogP contribution in [0.5, 0.6) is 0 Å². The van der Waals surface area contributed by atoms with Gasteiger partial charge in [-0.3, -0.25) is 4.79 Å². The normalized spacial score (nSPS) is 17.2. The van der Waals surface area contributed by atoms with E-state index in [1.165, 1.54) is 0 Å². The lowest BCUT2D eigenvalue weighted by atomic mass is 10.0. The standard InChI is InChI=1S/C17H23N3O/c1-3-20-11-8-13(9-12-20)19(2)17(21)15-5-4-6-16-14(15)7-10-18-16/h4-7,10,13,18H,3,8-9,11-12H2,1-2H3. The number of likely N-dealkylation sites (tertiary alicyclic amines) is 1. The van der Waals surface area contributed by atoms with Crippen LogP contribution in [0.2, 0.25) is 0 Å². The zero-order valence-corrected chi connectivity index (χ0v) is 12.8. The van der Waals surface area contributed by atoms with Gasteiger partial charge in [0.2, 0.25) is 0 Å². The summed E-state index contributed by atoms with van der Waals surface area (Å²) in [5.41, 5.74) is 1.82. The van der Waals surface area contributed by atoms with Gasteiger partial charge in [-0.2, -0.15) is 0 Å². The molecule has 3 rings (SSSR count). The van der Waals surface area contributed by atoms with Gasteiger partial charge in [-0.25, -0.2) is 0 Å². The lowest BCUT2D eigenvalue weighted by Crippen LogP contribution is -2.45. The number of benzene rings is 1. The average Bonchev–Trinajstić information content (AvgIpc) is 3.02. The Kier molecular flexibility index (Phi) is 3.97. The van der Waals surface area contributed by atoms with Crippen molar-refractivity contribution in [2.24, 2.45) is 0 Å². The first-order valence-corrected chi connectivity index (χ1v) is 7.76. The number of aromatic amines is 1. The highest BCUT2D eigenvalue weighted by Crippen LogP contribution is 2.22. The van der Waals surface area contributed by atoms with Crippen LogP contribution in [0, 0.1) is 0 Å². The highest BCUT2D eigenvalue weighted by Gasteiger charge is 2.26. The smallest absolute Gasteiger partial charge is 0.254 e. The minimum Gasteiger partial charge on any atom is -0.361 e. The fourth-order valence-corrected chi connectivity index (χ4v) is 3.25. The summed E-state index contributed by atoms with van der Waals surface area (Å²) < 4.78 is 0. The molecule has 1 aromatic carbocycles. The first-order chi connectivity index (χ1) is 10.2. The summed E-state index contributed by atoms with van der Waals surface area (Å²) in [6, 6.07) is 8.21. The number of nitrogens with one attached hydrogen (secondary N) is 1. The van der Waals surface area contributed by atoms with Crippen molar-refractivity contribution in [1.29, 1.82) is 0 Å². The Morgan fingerprint density at radius 2 is 2.10 bits per heavy atom. The summed E-state index contributed by atoms with van der Waals surface area (Å²) in [6.45, 7) is 5.48. The molecule has 1 aliphatic rings. The molecule has 0 bridgehead atoms. The molecule has 0 atom stereocenters. The third kappa shape index (κ3) is 2.68. The molecular formula is C17H23N3O. The van der Waals surface area contributed by atoms with Gasteiger partial charge in [-0.15, -0.1) is 0 Å². The Bertz CT molecular complexity index is 626. The third-order valence-electron chi connectivity index (χ3n) is 4.70. The molecule has 4 heteroatoms. The molecule has 0 radical (unpaired) electrons. The maximum absolute atomic E-state index is 12.8. The molecule has 0 spiro atoms. The second-order valence-corrected chi connectivity index (χ2v) is 5.83. The molecule has 1 aromatic heterocycles. The van der Waals surface area contributed by atoms with E-state index < -0.39 is 0 Å². The van der Waals surface area contributed by atoms with Crippen molar-refractivity contribution in [2.45, 2.75) is 25.8 Å². The molecule has 4 nitrogen and oxygen atoms in total. The van der Waals surface area contributed by atoms with E-state index in [2.05, 4.69) is 16.8 Å².